The molecule has 5 aromatic rings. The molecule has 1 aliphatic carbocycles. The molecular weight excluding hydrogens is 991 g/mol. The minimum Gasteiger partial charge on any atom is -0.391 e. The van der Waals surface area contributed by atoms with Gasteiger partial charge in [-0.25, -0.2) is 15.0 Å². The normalized spacial score (nSPS) is 18.3. The molecule has 8 rings (SSSR count). The van der Waals surface area contributed by atoms with Gasteiger partial charge >= 0.3 is 0 Å². The first-order valence-corrected chi connectivity index (χ1v) is 27.3. The van der Waals surface area contributed by atoms with E-state index in [1.54, 1.807) is 29.0 Å². The van der Waals surface area contributed by atoms with Gasteiger partial charge < -0.3 is 45.1 Å². The Bertz CT molecular complexity index is 2880. The fraction of sp³-hybridized carbons (Fsp3) is 0.545. The maximum absolute atomic E-state index is 14.1. The van der Waals surface area contributed by atoms with Gasteiger partial charge in [-0.15, -0.1) is 11.3 Å². The molecule has 4 atom stereocenters. The Labute approximate surface area is 447 Å². The van der Waals surface area contributed by atoms with Crippen molar-refractivity contribution in [2.75, 3.05) is 89.1 Å². The van der Waals surface area contributed by atoms with Gasteiger partial charge in [0.2, 0.25) is 23.7 Å². The van der Waals surface area contributed by atoms with Crippen LogP contribution in [0.1, 0.15) is 106 Å². The van der Waals surface area contributed by atoms with E-state index in [4.69, 9.17) is 19.2 Å². The van der Waals surface area contributed by atoms with Crippen molar-refractivity contribution in [1.29, 1.82) is 0 Å². The summed E-state index contributed by atoms with van der Waals surface area (Å²) in [6.45, 7) is 18.2. The number of Topliss-reactive ketones (excluding diaryl/α,β-unsaturated/α-hetero) is 1. The number of amides is 3. The summed E-state index contributed by atoms with van der Waals surface area (Å²) in [5, 5.41) is 23.3. The number of aliphatic hydroxyl groups is 1. The molecule has 0 bridgehead atoms. The Balaban J connectivity index is 0.696. The number of rotatable bonds is 22. The van der Waals surface area contributed by atoms with Crippen LogP contribution in [0.5, 0.6) is 0 Å². The van der Waals surface area contributed by atoms with E-state index in [2.05, 4.69) is 40.7 Å². The number of nitrogens with zero attached hydrogens (tertiary/aromatic N) is 8. The number of carbonyl (C=O) groups is 4. The summed E-state index contributed by atoms with van der Waals surface area (Å²) in [5.74, 6) is -0.637. The summed E-state index contributed by atoms with van der Waals surface area (Å²) in [6, 6.07) is 9.52. The van der Waals surface area contributed by atoms with Crippen LogP contribution in [0, 0.1) is 19.3 Å². The number of benzene rings is 1. The van der Waals surface area contributed by atoms with Gasteiger partial charge in [0.15, 0.2) is 5.78 Å². The zero-order valence-electron chi connectivity index (χ0n) is 44.8. The second-order valence-electron chi connectivity index (χ2n) is 21.1. The lowest BCUT2D eigenvalue weighted by atomic mass is 9.85. The largest absolute Gasteiger partial charge is 0.391 e. The molecule has 0 radical (unpaired) electrons. The number of fused-ring (bicyclic) bond motifs is 1. The Hall–Kier alpha value is -6.23. The van der Waals surface area contributed by atoms with Gasteiger partial charge in [0, 0.05) is 80.0 Å². The SMILES string of the molecule is CC(=O)c1c(C)c2cnc(Nc3ccc(N4CCN(CCOCCOCCOCC(=O)N[C@H](C(=O)N5C[C@H](O)C[C@H]5C(=O)N[C@@H](C)c5ccc(-c6nc(C)cs6)cc5)C(C)(C)C)CC4)cn3)nc2n(C2CCCC2)c1=O. The molecule has 0 unspecified atom stereocenters. The average molecular weight is 1060 g/mol. The summed E-state index contributed by atoms with van der Waals surface area (Å²) >= 11 is 1.57. The highest BCUT2D eigenvalue weighted by atomic mass is 32.1. The van der Waals surface area contributed by atoms with Crippen molar-refractivity contribution in [3.63, 3.8) is 0 Å². The van der Waals surface area contributed by atoms with Gasteiger partial charge in [-0.05, 0) is 69.2 Å². The van der Waals surface area contributed by atoms with E-state index < -0.39 is 35.4 Å². The van der Waals surface area contributed by atoms with E-state index in [1.807, 2.05) is 82.6 Å². The molecule has 3 amide bonds. The van der Waals surface area contributed by atoms with Crippen molar-refractivity contribution in [3.8, 4) is 10.6 Å². The first-order valence-electron chi connectivity index (χ1n) is 26.4. The molecule has 0 spiro atoms. The summed E-state index contributed by atoms with van der Waals surface area (Å²) in [5.41, 5.74) is 4.20. The fourth-order valence-electron chi connectivity index (χ4n) is 10.2. The lowest BCUT2D eigenvalue weighted by Crippen LogP contribution is -2.58. The Morgan fingerprint density at radius 1 is 0.868 bits per heavy atom. The maximum Gasteiger partial charge on any atom is 0.263 e. The molecule has 3 fully saturated rings. The lowest BCUT2D eigenvalue weighted by Gasteiger charge is -2.35. The summed E-state index contributed by atoms with van der Waals surface area (Å²) < 4.78 is 18.8. The number of likely N-dealkylation sites (tertiary alicyclic amines) is 1. The zero-order chi connectivity index (χ0) is 54.1. The van der Waals surface area contributed by atoms with Crippen LogP contribution >= 0.6 is 11.3 Å². The number of hydrogen-bond acceptors (Lipinski definition) is 17. The maximum atomic E-state index is 14.1. The van der Waals surface area contributed by atoms with E-state index in [0.717, 1.165) is 85.9 Å². The highest BCUT2D eigenvalue weighted by Crippen LogP contribution is 2.33. The van der Waals surface area contributed by atoms with Crippen molar-refractivity contribution in [3.05, 3.63) is 86.9 Å². The van der Waals surface area contributed by atoms with Crippen molar-refractivity contribution in [2.24, 2.45) is 5.41 Å². The molecule has 2 saturated heterocycles. The standard InChI is InChI=1S/C55H73N11O9S/c1-34-33-76-51(58-34)39-14-12-38(13-15-39)36(3)59-50(70)44-28-42(68)31-65(44)53(72)48(55(5,6)7)61-46(69)32-75-27-26-74-25-24-73-23-22-63-18-20-64(21-19-63)41-16-17-45(56-29-41)60-54-57-30-43-35(2)47(37(4)67)52(71)66(49(43)62-54)40-10-8-9-11-40/h12-17,29-30,33,36,40,42,44,48,68H,8-11,18-28,31-32H2,1-7H3,(H,59,70)(H,61,69)(H,56,57,60,62)/t36-,42+,44-,48+/m0/s1. The van der Waals surface area contributed by atoms with Crippen LogP contribution in [-0.4, -0.2) is 160 Å². The summed E-state index contributed by atoms with van der Waals surface area (Å²) in [7, 11) is 0. The van der Waals surface area contributed by atoms with Crippen molar-refractivity contribution in [2.45, 2.75) is 111 Å². The molecule has 6 heterocycles. The smallest absolute Gasteiger partial charge is 0.263 e. The third-order valence-corrected chi connectivity index (χ3v) is 15.4. The van der Waals surface area contributed by atoms with Crippen LogP contribution in [0.3, 0.4) is 0 Å². The Morgan fingerprint density at radius 2 is 1.57 bits per heavy atom. The minimum atomic E-state index is -0.971. The van der Waals surface area contributed by atoms with Crippen molar-refractivity contribution >= 4 is 63.3 Å². The fourth-order valence-corrected chi connectivity index (χ4v) is 11.0. The molecule has 21 heteroatoms. The molecule has 2 aliphatic heterocycles. The van der Waals surface area contributed by atoms with E-state index in [-0.39, 0.29) is 67.7 Å². The average Bonchev–Trinajstić information content (AvgIpc) is 4.23. The van der Waals surface area contributed by atoms with Gasteiger partial charge in [-0.3, -0.25) is 33.4 Å². The van der Waals surface area contributed by atoms with Gasteiger partial charge in [-0.1, -0.05) is 57.9 Å². The molecule has 3 aliphatic rings. The quantitative estimate of drug-likeness (QED) is 0.0493. The number of thiazole rings is 1. The van der Waals surface area contributed by atoms with E-state index >= 15 is 0 Å². The Morgan fingerprint density at radius 3 is 2.21 bits per heavy atom. The molecule has 4 N–H and O–H groups in total. The summed E-state index contributed by atoms with van der Waals surface area (Å²) in [4.78, 5) is 91.4. The number of piperazine rings is 1. The van der Waals surface area contributed by atoms with E-state index in [9.17, 15) is 29.1 Å². The third kappa shape index (κ3) is 13.8. The highest BCUT2D eigenvalue weighted by molar-refractivity contribution is 7.13. The molecular formula is C55H73N11O9S. The highest BCUT2D eigenvalue weighted by Gasteiger charge is 2.45. The van der Waals surface area contributed by atoms with E-state index in [0.29, 0.717) is 48.2 Å². The second kappa shape index (κ2) is 25.3. The molecule has 408 valence electrons. The first kappa shape index (κ1) is 56.0. The minimum absolute atomic E-state index is 0.00294. The number of β-amino-alcohol motifs (C(OH)–C–C–N with tert-alkyl or cyclic N) is 1. The summed E-state index contributed by atoms with van der Waals surface area (Å²) in [6.07, 6.45) is 6.53. The number of ketones is 1. The first-order chi connectivity index (χ1) is 36.4. The predicted octanol–water partition coefficient (Wildman–Crippen LogP) is 5.53. The Kier molecular flexibility index (Phi) is 18.6. The van der Waals surface area contributed by atoms with Gasteiger partial charge in [0.05, 0.1) is 62.6 Å². The third-order valence-electron chi connectivity index (χ3n) is 14.4. The molecule has 1 aromatic carbocycles. The molecule has 1 saturated carbocycles. The second-order valence-corrected chi connectivity index (χ2v) is 22.0. The monoisotopic (exact) mass is 1060 g/mol. The predicted molar refractivity (Wildman–Crippen MR) is 291 cm³/mol. The van der Waals surface area contributed by atoms with Crippen LogP contribution in [0.25, 0.3) is 21.6 Å². The molecule has 76 heavy (non-hydrogen) atoms. The number of pyridine rings is 2. The lowest BCUT2D eigenvalue weighted by molar-refractivity contribution is -0.144. The van der Waals surface area contributed by atoms with Gasteiger partial charge in [-0.2, -0.15) is 4.98 Å². The molecule has 4 aromatic heterocycles. The number of carbonyl (C=O) groups excluding carboxylic acids is 4. The van der Waals surface area contributed by atoms with Gasteiger partial charge in [0.1, 0.15) is 35.2 Å². The number of ether oxygens (including phenoxy) is 3. The number of aryl methyl sites for hydroxylation is 2. The number of nitrogens with one attached hydrogen (secondary N) is 3. The zero-order valence-corrected chi connectivity index (χ0v) is 45.6. The number of anilines is 3. The van der Waals surface area contributed by atoms with Crippen molar-refractivity contribution < 1.29 is 38.5 Å². The van der Waals surface area contributed by atoms with Crippen molar-refractivity contribution in [1.82, 2.24) is 44.9 Å². The van der Waals surface area contributed by atoms with Crippen LogP contribution < -0.4 is 26.4 Å². The molecule has 20 nitrogen and oxygen atoms in total. The number of hydrogen-bond donors (Lipinski definition) is 4. The van der Waals surface area contributed by atoms with Crippen LogP contribution in [0.2, 0.25) is 0 Å². The van der Waals surface area contributed by atoms with E-state index in [1.165, 1.54) is 11.8 Å². The van der Waals surface area contributed by atoms with Crippen LogP contribution in [0.15, 0.2) is 59.0 Å². The van der Waals surface area contributed by atoms with Crippen LogP contribution in [0.4, 0.5) is 17.5 Å². The topological polar surface area (TPSA) is 236 Å². The number of aliphatic hydroxyl groups excluding tert-OH is 1. The number of aromatic nitrogens is 5. The van der Waals surface area contributed by atoms with Crippen LogP contribution in [-0.2, 0) is 28.6 Å². The van der Waals surface area contributed by atoms with Gasteiger partial charge in [0.25, 0.3) is 5.56 Å².